The molecule has 1 aromatic rings. The lowest BCUT2D eigenvalue weighted by Gasteiger charge is -2.24. The molecule has 2 atom stereocenters. The van der Waals surface area contributed by atoms with Gasteiger partial charge in [-0.25, -0.2) is 8.42 Å². The van der Waals surface area contributed by atoms with Crippen LogP contribution in [0.5, 0.6) is 0 Å². The van der Waals surface area contributed by atoms with E-state index < -0.39 is 15.3 Å². The highest BCUT2D eigenvalue weighted by molar-refractivity contribution is 7.90. The van der Waals surface area contributed by atoms with Crippen LogP contribution in [0, 0.1) is 17.3 Å². The summed E-state index contributed by atoms with van der Waals surface area (Å²) in [5.74, 6) is 0.372. The van der Waals surface area contributed by atoms with E-state index in [9.17, 15) is 23.4 Å². The molecular formula is C16H21NO5S. The fourth-order valence-corrected chi connectivity index (χ4v) is 4.33. The third-order valence-corrected chi connectivity index (χ3v) is 6.46. The van der Waals surface area contributed by atoms with E-state index in [4.69, 9.17) is 0 Å². The molecule has 126 valence electrons. The topological polar surface area (TPSA) is 94.9 Å². The summed E-state index contributed by atoms with van der Waals surface area (Å²) in [5, 5.41) is 18.8. The molecule has 0 bridgehead atoms. The number of likely N-dealkylation sites (tertiary alicyclic amines) is 1. The Morgan fingerprint density at radius 2 is 1.70 bits per heavy atom. The van der Waals surface area contributed by atoms with Crippen LogP contribution in [0.1, 0.15) is 5.56 Å². The zero-order valence-corrected chi connectivity index (χ0v) is 13.8. The maximum Gasteiger partial charge on any atom is 0.227 e. The summed E-state index contributed by atoms with van der Waals surface area (Å²) in [6.45, 7) is 1.08. The van der Waals surface area contributed by atoms with Crippen molar-refractivity contribution in [1.29, 1.82) is 0 Å². The Morgan fingerprint density at radius 1 is 1.17 bits per heavy atom. The number of sulfone groups is 1. The number of aliphatic hydroxyl groups excluding tert-OH is 2. The highest BCUT2D eigenvalue weighted by atomic mass is 32.2. The molecule has 3 rings (SSSR count). The van der Waals surface area contributed by atoms with Crippen LogP contribution in [-0.4, -0.2) is 62.0 Å². The van der Waals surface area contributed by atoms with Gasteiger partial charge < -0.3 is 15.1 Å². The van der Waals surface area contributed by atoms with E-state index in [0.29, 0.717) is 13.1 Å². The van der Waals surface area contributed by atoms with Crippen molar-refractivity contribution >= 4 is 15.7 Å². The molecule has 0 spiro atoms. The highest BCUT2D eigenvalue weighted by Crippen LogP contribution is 2.61. The van der Waals surface area contributed by atoms with Gasteiger partial charge in [-0.2, -0.15) is 0 Å². The monoisotopic (exact) mass is 339 g/mol. The van der Waals surface area contributed by atoms with Crippen molar-refractivity contribution in [2.24, 2.45) is 17.3 Å². The van der Waals surface area contributed by atoms with Crippen LogP contribution in [0.2, 0.25) is 0 Å². The summed E-state index contributed by atoms with van der Waals surface area (Å²) in [7, 11) is -3.23. The summed E-state index contributed by atoms with van der Waals surface area (Å²) < 4.78 is 22.8. The molecule has 1 heterocycles. The summed E-state index contributed by atoms with van der Waals surface area (Å²) in [5.41, 5.74) is 0.382. The van der Waals surface area contributed by atoms with Gasteiger partial charge in [0, 0.05) is 24.8 Å². The second kappa shape index (κ2) is 5.58. The normalized spacial score (nSPS) is 25.3. The number of benzene rings is 1. The number of aliphatic hydroxyl groups is 2. The molecule has 1 aromatic carbocycles. The van der Waals surface area contributed by atoms with Gasteiger partial charge in [0.15, 0.2) is 9.84 Å². The molecule has 1 saturated heterocycles. The number of amides is 1. The summed E-state index contributed by atoms with van der Waals surface area (Å²) >= 11 is 0. The fraction of sp³-hybridized carbons (Fsp3) is 0.562. The Bertz CT molecular complexity index is 694. The van der Waals surface area contributed by atoms with Gasteiger partial charge in [-0.3, -0.25) is 4.79 Å². The number of hydrogen-bond acceptors (Lipinski definition) is 5. The van der Waals surface area contributed by atoms with E-state index in [1.165, 1.54) is 12.1 Å². The average Bonchev–Trinajstić information content (AvgIpc) is 2.88. The standard InChI is InChI=1S/C16H21NO5S/c1-23(21,22)12-4-2-11(3-5-12)6-15(20)17-7-13-14(8-17)16(13,9-18)10-19/h2-5,13-14,18-19H,6-10H2,1H3. The van der Waals surface area contributed by atoms with Crippen molar-refractivity contribution in [3.63, 3.8) is 0 Å². The predicted molar refractivity (Wildman–Crippen MR) is 83.4 cm³/mol. The molecule has 1 aliphatic carbocycles. The third-order valence-electron chi connectivity index (χ3n) is 5.34. The predicted octanol–water partition coefficient (Wildman–Crippen LogP) is -0.308. The molecule has 6 nitrogen and oxygen atoms in total. The minimum atomic E-state index is -3.23. The maximum atomic E-state index is 12.3. The van der Waals surface area contributed by atoms with Gasteiger partial charge in [0.05, 0.1) is 24.5 Å². The maximum absolute atomic E-state index is 12.3. The Balaban J connectivity index is 1.59. The lowest BCUT2D eigenvalue weighted by molar-refractivity contribution is -0.130. The van der Waals surface area contributed by atoms with Crippen molar-refractivity contribution in [2.75, 3.05) is 32.6 Å². The molecule has 0 aromatic heterocycles. The van der Waals surface area contributed by atoms with E-state index in [1.54, 1.807) is 17.0 Å². The van der Waals surface area contributed by atoms with Crippen LogP contribution in [0.4, 0.5) is 0 Å². The number of hydrogen-bond donors (Lipinski definition) is 2. The minimum absolute atomic E-state index is 0.00548. The smallest absolute Gasteiger partial charge is 0.227 e. The second-order valence-corrected chi connectivity index (χ2v) is 8.67. The average molecular weight is 339 g/mol. The molecule has 23 heavy (non-hydrogen) atoms. The first kappa shape index (κ1) is 16.4. The fourth-order valence-electron chi connectivity index (χ4n) is 3.70. The van der Waals surface area contributed by atoms with Crippen LogP contribution >= 0.6 is 0 Å². The number of piperidine rings is 1. The first-order valence-electron chi connectivity index (χ1n) is 7.60. The lowest BCUT2D eigenvalue weighted by atomic mass is 10.0. The van der Waals surface area contributed by atoms with Crippen LogP contribution < -0.4 is 0 Å². The van der Waals surface area contributed by atoms with E-state index in [2.05, 4.69) is 0 Å². The van der Waals surface area contributed by atoms with Crippen LogP contribution in [-0.2, 0) is 21.1 Å². The molecule has 7 heteroatoms. The van der Waals surface area contributed by atoms with Gasteiger partial charge in [0.1, 0.15) is 0 Å². The molecule has 1 amide bonds. The van der Waals surface area contributed by atoms with Gasteiger partial charge in [0.2, 0.25) is 5.91 Å². The third kappa shape index (κ3) is 2.77. The molecule has 2 aliphatic rings. The lowest BCUT2D eigenvalue weighted by Crippen LogP contribution is -2.37. The van der Waals surface area contributed by atoms with E-state index in [1.807, 2.05) is 0 Å². The Kier molecular flexibility index (Phi) is 3.98. The highest BCUT2D eigenvalue weighted by Gasteiger charge is 2.67. The zero-order valence-electron chi connectivity index (χ0n) is 13.0. The number of nitrogens with zero attached hydrogens (tertiary/aromatic N) is 1. The van der Waals surface area contributed by atoms with Gasteiger partial charge >= 0.3 is 0 Å². The van der Waals surface area contributed by atoms with Crippen molar-refractivity contribution in [2.45, 2.75) is 11.3 Å². The van der Waals surface area contributed by atoms with Gasteiger partial charge in [-0.1, -0.05) is 12.1 Å². The van der Waals surface area contributed by atoms with Crippen molar-refractivity contribution in [3.05, 3.63) is 29.8 Å². The van der Waals surface area contributed by atoms with E-state index >= 15 is 0 Å². The van der Waals surface area contributed by atoms with Crippen molar-refractivity contribution in [3.8, 4) is 0 Å². The number of fused-ring (bicyclic) bond motifs is 1. The number of carbonyl (C=O) groups excluding carboxylic acids is 1. The van der Waals surface area contributed by atoms with E-state index in [0.717, 1.165) is 11.8 Å². The second-order valence-electron chi connectivity index (χ2n) is 6.65. The number of carbonyl (C=O) groups is 1. The molecule has 1 aliphatic heterocycles. The molecule has 1 saturated carbocycles. The van der Waals surface area contributed by atoms with Crippen molar-refractivity contribution < 1.29 is 23.4 Å². The van der Waals surface area contributed by atoms with E-state index in [-0.39, 0.29) is 42.3 Å². The Morgan fingerprint density at radius 3 is 2.13 bits per heavy atom. The van der Waals surface area contributed by atoms with Gasteiger partial charge in [-0.05, 0) is 29.5 Å². The summed E-state index contributed by atoms with van der Waals surface area (Å²) in [6, 6.07) is 6.36. The van der Waals surface area contributed by atoms with Crippen molar-refractivity contribution in [1.82, 2.24) is 4.90 Å². The van der Waals surface area contributed by atoms with Gasteiger partial charge in [0.25, 0.3) is 0 Å². The zero-order chi connectivity index (χ0) is 16.8. The van der Waals surface area contributed by atoms with Crippen LogP contribution in [0.3, 0.4) is 0 Å². The molecule has 2 N–H and O–H groups in total. The largest absolute Gasteiger partial charge is 0.396 e. The Labute approximate surface area is 135 Å². The summed E-state index contributed by atoms with van der Waals surface area (Å²) in [4.78, 5) is 14.3. The quantitative estimate of drug-likeness (QED) is 0.767. The van der Waals surface area contributed by atoms with Gasteiger partial charge in [-0.15, -0.1) is 0 Å². The Hall–Kier alpha value is -1.44. The minimum Gasteiger partial charge on any atom is -0.396 e. The molecule has 2 fully saturated rings. The first-order chi connectivity index (χ1) is 10.8. The number of rotatable bonds is 5. The molecular weight excluding hydrogens is 318 g/mol. The SMILES string of the molecule is CS(=O)(=O)c1ccc(CC(=O)N2CC3C(C2)C3(CO)CO)cc1. The summed E-state index contributed by atoms with van der Waals surface area (Å²) in [6.07, 6.45) is 1.38. The molecule has 2 unspecified atom stereocenters. The first-order valence-corrected chi connectivity index (χ1v) is 9.49. The molecule has 0 radical (unpaired) electrons. The van der Waals surface area contributed by atoms with Crippen LogP contribution in [0.25, 0.3) is 0 Å². The van der Waals surface area contributed by atoms with Crippen LogP contribution in [0.15, 0.2) is 29.2 Å².